The van der Waals surface area contributed by atoms with Crippen LogP contribution >= 0.6 is 0 Å². The molecule has 112 valence electrons. The van der Waals surface area contributed by atoms with E-state index in [1.807, 2.05) is 7.05 Å². The zero-order valence-corrected chi connectivity index (χ0v) is 12.0. The zero-order valence-electron chi connectivity index (χ0n) is 12.0. The van der Waals surface area contributed by atoms with Gasteiger partial charge in [0.1, 0.15) is 11.6 Å². The molecule has 0 aliphatic carbocycles. The number of nitrogens with one attached hydrogen (secondary N) is 1. The summed E-state index contributed by atoms with van der Waals surface area (Å²) in [4.78, 5) is 2.35. The first-order valence-electron chi connectivity index (χ1n) is 7.05. The topological polar surface area (TPSA) is 24.5 Å². The van der Waals surface area contributed by atoms with Gasteiger partial charge in [0.15, 0.2) is 0 Å². The second-order valence-electron chi connectivity index (χ2n) is 5.29. The molecule has 1 aromatic carbocycles. The molecule has 0 spiro atoms. The summed E-state index contributed by atoms with van der Waals surface area (Å²) in [5.74, 6) is -1.06. The van der Waals surface area contributed by atoms with Crippen LogP contribution in [0.15, 0.2) is 18.2 Å². The minimum atomic E-state index is -0.528. The van der Waals surface area contributed by atoms with E-state index in [-0.39, 0.29) is 6.04 Å². The van der Waals surface area contributed by atoms with Crippen LogP contribution in [-0.2, 0) is 4.74 Å². The van der Waals surface area contributed by atoms with Crippen LogP contribution < -0.4 is 5.32 Å². The maximum absolute atomic E-state index is 13.3. The van der Waals surface area contributed by atoms with Gasteiger partial charge in [0, 0.05) is 31.2 Å². The Kier molecular flexibility index (Phi) is 5.46. The molecule has 0 radical (unpaired) electrons. The van der Waals surface area contributed by atoms with Crippen LogP contribution in [0, 0.1) is 11.6 Å². The summed E-state index contributed by atoms with van der Waals surface area (Å²) in [6, 6.07) is 4.04. The summed E-state index contributed by atoms with van der Waals surface area (Å²) in [7, 11) is 1.82. The molecule has 0 bridgehead atoms. The van der Waals surface area contributed by atoms with Crippen LogP contribution in [-0.4, -0.2) is 44.3 Å². The van der Waals surface area contributed by atoms with Crippen molar-refractivity contribution in [1.82, 2.24) is 10.2 Å². The molecule has 0 saturated carbocycles. The molecule has 1 aliphatic rings. The van der Waals surface area contributed by atoms with Crippen molar-refractivity contribution in [2.24, 2.45) is 0 Å². The second-order valence-corrected chi connectivity index (χ2v) is 5.29. The third-order valence-corrected chi connectivity index (χ3v) is 3.85. The van der Waals surface area contributed by atoms with Crippen LogP contribution in [0.3, 0.4) is 0 Å². The van der Waals surface area contributed by atoms with Crippen LogP contribution in [0.1, 0.15) is 24.9 Å². The lowest BCUT2D eigenvalue weighted by atomic mass is 10.0. The van der Waals surface area contributed by atoms with E-state index in [4.69, 9.17) is 4.74 Å². The lowest BCUT2D eigenvalue weighted by Crippen LogP contribution is -2.44. The maximum atomic E-state index is 13.3. The van der Waals surface area contributed by atoms with Crippen molar-refractivity contribution in [3.63, 3.8) is 0 Å². The molecular weight excluding hydrogens is 262 g/mol. The number of halogens is 2. The molecule has 2 rings (SSSR count). The number of rotatable bonds is 5. The van der Waals surface area contributed by atoms with Gasteiger partial charge in [-0.2, -0.15) is 0 Å². The average Bonchev–Trinajstić information content (AvgIpc) is 2.40. The second kappa shape index (κ2) is 7.11. The highest BCUT2D eigenvalue weighted by molar-refractivity contribution is 5.21. The third kappa shape index (κ3) is 3.98. The van der Waals surface area contributed by atoms with Gasteiger partial charge in [0.25, 0.3) is 0 Å². The minimum absolute atomic E-state index is 0.0461. The Morgan fingerprint density at radius 3 is 2.65 bits per heavy atom. The van der Waals surface area contributed by atoms with Gasteiger partial charge < -0.3 is 10.1 Å². The molecule has 5 heteroatoms. The SMILES string of the molecule is CNC(CCN1CCOCC1C)c1cc(F)cc(F)c1. The first kappa shape index (κ1) is 15.4. The van der Waals surface area contributed by atoms with Crippen LogP contribution in [0.4, 0.5) is 8.78 Å². The van der Waals surface area contributed by atoms with E-state index in [1.54, 1.807) is 0 Å². The fraction of sp³-hybridized carbons (Fsp3) is 0.600. The van der Waals surface area contributed by atoms with Crippen LogP contribution in [0.2, 0.25) is 0 Å². The zero-order chi connectivity index (χ0) is 14.5. The fourth-order valence-electron chi connectivity index (χ4n) is 2.64. The van der Waals surface area contributed by atoms with Crippen molar-refractivity contribution >= 4 is 0 Å². The highest BCUT2D eigenvalue weighted by atomic mass is 19.1. The average molecular weight is 284 g/mol. The predicted octanol–water partition coefficient (Wildman–Crippen LogP) is 2.34. The number of ether oxygens (including phenoxy) is 1. The third-order valence-electron chi connectivity index (χ3n) is 3.85. The first-order valence-corrected chi connectivity index (χ1v) is 7.05. The first-order chi connectivity index (χ1) is 9.60. The smallest absolute Gasteiger partial charge is 0.126 e. The van der Waals surface area contributed by atoms with Gasteiger partial charge in [0.2, 0.25) is 0 Å². The quantitative estimate of drug-likeness (QED) is 0.898. The Morgan fingerprint density at radius 2 is 2.05 bits per heavy atom. The summed E-state index contributed by atoms with van der Waals surface area (Å²) in [6.45, 7) is 5.43. The molecule has 0 amide bonds. The number of nitrogens with zero attached hydrogens (tertiary/aromatic N) is 1. The molecular formula is C15H22F2N2O. The number of morpholine rings is 1. The molecule has 1 N–H and O–H groups in total. The van der Waals surface area contributed by atoms with Crippen LogP contribution in [0.5, 0.6) is 0 Å². The van der Waals surface area contributed by atoms with Gasteiger partial charge in [-0.05, 0) is 38.1 Å². The molecule has 1 fully saturated rings. The van der Waals surface area contributed by atoms with Gasteiger partial charge in [-0.3, -0.25) is 4.90 Å². The summed E-state index contributed by atoms with van der Waals surface area (Å²) < 4.78 is 32.0. The molecule has 0 aromatic heterocycles. The van der Waals surface area contributed by atoms with Crippen molar-refractivity contribution in [3.05, 3.63) is 35.4 Å². The molecule has 3 nitrogen and oxygen atoms in total. The highest BCUT2D eigenvalue weighted by Crippen LogP contribution is 2.20. The Morgan fingerprint density at radius 1 is 1.35 bits per heavy atom. The summed E-state index contributed by atoms with van der Waals surface area (Å²) in [5.41, 5.74) is 0.658. The Balaban J connectivity index is 1.97. The molecule has 1 aliphatic heterocycles. The summed E-state index contributed by atoms with van der Waals surface area (Å²) in [6.07, 6.45) is 0.809. The largest absolute Gasteiger partial charge is 0.379 e. The monoisotopic (exact) mass is 284 g/mol. The predicted molar refractivity (Wildman–Crippen MR) is 74.6 cm³/mol. The highest BCUT2D eigenvalue weighted by Gasteiger charge is 2.20. The maximum Gasteiger partial charge on any atom is 0.126 e. The van der Waals surface area contributed by atoms with Gasteiger partial charge >= 0.3 is 0 Å². The summed E-state index contributed by atoms with van der Waals surface area (Å²) in [5, 5.41) is 3.14. The van der Waals surface area contributed by atoms with Gasteiger partial charge in [-0.15, -0.1) is 0 Å². The van der Waals surface area contributed by atoms with E-state index in [0.29, 0.717) is 11.6 Å². The molecule has 20 heavy (non-hydrogen) atoms. The Hall–Kier alpha value is -1.04. The van der Waals surface area contributed by atoms with E-state index in [9.17, 15) is 8.78 Å². The van der Waals surface area contributed by atoms with Crippen molar-refractivity contribution < 1.29 is 13.5 Å². The van der Waals surface area contributed by atoms with Crippen molar-refractivity contribution in [3.8, 4) is 0 Å². The fourth-order valence-corrected chi connectivity index (χ4v) is 2.64. The van der Waals surface area contributed by atoms with E-state index in [0.717, 1.165) is 38.8 Å². The number of hydrogen-bond donors (Lipinski definition) is 1. The van der Waals surface area contributed by atoms with E-state index in [1.165, 1.54) is 12.1 Å². The van der Waals surface area contributed by atoms with Crippen molar-refractivity contribution in [2.75, 3.05) is 33.4 Å². The van der Waals surface area contributed by atoms with E-state index >= 15 is 0 Å². The van der Waals surface area contributed by atoms with Crippen LogP contribution in [0.25, 0.3) is 0 Å². The normalized spacial score (nSPS) is 21.9. The standard InChI is InChI=1S/C15H22F2N2O/c1-11-10-20-6-5-19(11)4-3-15(18-2)12-7-13(16)9-14(17)8-12/h7-9,11,15,18H,3-6,10H2,1-2H3. The van der Waals surface area contributed by atoms with Crippen molar-refractivity contribution in [1.29, 1.82) is 0 Å². The van der Waals surface area contributed by atoms with E-state index < -0.39 is 11.6 Å². The molecule has 1 heterocycles. The van der Waals surface area contributed by atoms with Crippen molar-refractivity contribution in [2.45, 2.75) is 25.4 Å². The molecule has 1 saturated heterocycles. The molecule has 1 aromatic rings. The Bertz CT molecular complexity index is 422. The lowest BCUT2D eigenvalue weighted by Gasteiger charge is -2.34. The molecule has 2 atom stereocenters. The van der Waals surface area contributed by atoms with E-state index in [2.05, 4.69) is 17.1 Å². The number of benzene rings is 1. The minimum Gasteiger partial charge on any atom is -0.379 e. The number of hydrogen-bond acceptors (Lipinski definition) is 3. The van der Waals surface area contributed by atoms with Gasteiger partial charge in [0.05, 0.1) is 13.2 Å². The van der Waals surface area contributed by atoms with Gasteiger partial charge in [-0.1, -0.05) is 0 Å². The Labute approximate surface area is 118 Å². The van der Waals surface area contributed by atoms with Gasteiger partial charge in [-0.25, -0.2) is 8.78 Å². The summed E-state index contributed by atoms with van der Waals surface area (Å²) >= 11 is 0. The molecule has 2 unspecified atom stereocenters. The lowest BCUT2D eigenvalue weighted by molar-refractivity contribution is -0.00174.